The van der Waals surface area contributed by atoms with Gasteiger partial charge in [-0.15, -0.1) is 11.3 Å². The molecule has 0 radical (unpaired) electrons. The highest BCUT2D eigenvalue weighted by Gasteiger charge is 2.07. The Morgan fingerprint density at radius 1 is 1.04 bits per heavy atom. The van der Waals surface area contributed by atoms with Gasteiger partial charge in [-0.1, -0.05) is 6.07 Å². The fraction of sp³-hybridized carbons (Fsp3) is 0.0476. The second-order valence-corrected chi connectivity index (χ2v) is 6.83. The number of carbonyl (C=O) groups excluding carboxylic acids is 1. The predicted molar refractivity (Wildman–Crippen MR) is 104 cm³/mol. The molecule has 0 aliphatic heterocycles. The monoisotopic (exact) mass is 359 g/mol. The molecule has 0 atom stereocenters. The van der Waals surface area contributed by atoms with Crippen LogP contribution in [0, 0.1) is 0 Å². The third kappa shape index (κ3) is 3.58. The number of aromatic nitrogens is 2. The zero-order valence-corrected chi connectivity index (χ0v) is 14.8. The molecule has 1 amide bonds. The van der Waals surface area contributed by atoms with Crippen LogP contribution >= 0.6 is 11.3 Å². The molecule has 0 aliphatic carbocycles. The van der Waals surface area contributed by atoms with Crippen LogP contribution in [0.25, 0.3) is 16.1 Å². The Kier molecular flexibility index (Phi) is 4.62. The van der Waals surface area contributed by atoms with E-state index in [0.29, 0.717) is 12.1 Å². The van der Waals surface area contributed by atoms with Crippen molar-refractivity contribution in [2.75, 3.05) is 0 Å². The fourth-order valence-electron chi connectivity index (χ4n) is 2.74. The summed E-state index contributed by atoms with van der Waals surface area (Å²) in [6.07, 6.45) is 7.58. The van der Waals surface area contributed by atoms with E-state index in [2.05, 4.69) is 22.4 Å². The zero-order chi connectivity index (χ0) is 17.8. The van der Waals surface area contributed by atoms with Gasteiger partial charge in [-0.3, -0.25) is 9.78 Å². The third-order valence-electron chi connectivity index (χ3n) is 4.09. The molecule has 128 valence electrons. The first kappa shape index (κ1) is 16.3. The van der Waals surface area contributed by atoms with Gasteiger partial charge in [0.25, 0.3) is 5.91 Å². The van der Waals surface area contributed by atoms with Gasteiger partial charge in [0.05, 0.1) is 0 Å². The van der Waals surface area contributed by atoms with Crippen molar-refractivity contribution in [3.8, 4) is 16.1 Å². The van der Waals surface area contributed by atoms with Gasteiger partial charge in [0.2, 0.25) is 0 Å². The van der Waals surface area contributed by atoms with Crippen molar-refractivity contribution in [2.45, 2.75) is 6.54 Å². The number of rotatable bonds is 5. The molecule has 3 aromatic heterocycles. The quantitative estimate of drug-likeness (QED) is 0.569. The Morgan fingerprint density at radius 3 is 2.58 bits per heavy atom. The molecule has 1 aromatic carbocycles. The molecule has 4 nitrogen and oxygen atoms in total. The van der Waals surface area contributed by atoms with Gasteiger partial charge >= 0.3 is 0 Å². The number of nitrogens with one attached hydrogen (secondary N) is 1. The lowest BCUT2D eigenvalue weighted by Crippen LogP contribution is -2.22. The summed E-state index contributed by atoms with van der Waals surface area (Å²) in [7, 11) is 0. The highest BCUT2D eigenvalue weighted by Crippen LogP contribution is 2.24. The van der Waals surface area contributed by atoms with Crippen LogP contribution in [0.3, 0.4) is 0 Å². The van der Waals surface area contributed by atoms with E-state index in [4.69, 9.17) is 0 Å². The maximum atomic E-state index is 12.4. The van der Waals surface area contributed by atoms with Crippen molar-refractivity contribution in [2.24, 2.45) is 0 Å². The van der Waals surface area contributed by atoms with Crippen LogP contribution in [0.2, 0.25) is 0 Å². The van der Waals surface area contributed by atoms with Crippen molar-refractivity contribution in [1.29, 1.82) is 0 Å². The molecule has 0 bridgehead atoms. The average Bonchev–Trinajstić information content (AvgIpc) is 3.40. The van der Waals surface area contributed by atoms with Crippen LogP contribution in [0.4, 0.5) is 0 Å². The molecule has 26 heavy (non-hydrogen) atoms. The van der Waals surface area contributed by atoms with Crippen LogP contribution in [-0.2, 0) is 6.54 Å². The Labute approximate surface area is 155 Å². The van der Waals surface area contributed by atoms with Crippen molar-refractivity contribution < 1.29 is 4.79 Å². The van der Waals surface area contributed by atoms with E-state index in [9.17, 15) is 4.79 Å². The van der Waals surface area contributed by atoms with Gasteiger partial charge in [-0.05, 0) is 59.5 Å². The van der Waals surface area contributed by atoms with E-state index in [1.165, 1.54) is 4.88 Å². The van der Waals surface area contributed by atoms with Gasteiger partial charge < -0.3 is 9.88 Å². The van der Waals surface area contributed by atoms with Crippen LogP contribution in [0.5, 0.6) is 0 Å². The summed E-state index contributed by atoms with van der Waals surface area (Å²) in [5.41, 5.74) is 3.72. The second kappa shape index (κ2) is 7.37. The first-order chi connectivity index (χ1) is 12.8. The summed E-state index contributed by atoms with van der Waals surface area (Å²) < 4.78 is 2.00. The molecule has 0 fully saturated rings. The maximum absolute atomic E-state index is 12.4. The smallest absolute Gasteiger partial charge is 0.251 e. The normalized spacial score (nSPS) is 10.6. The Morgan fingerprint density at radius 2 is 1.85 bits per heavy atom. The molecule has 0 spiro atoms. The lowest BCUT2D eigenvalue weighted by Gasteiger charge is -2.08. The highest BCUT2D eigenvalue weighted by atomic mass is 32.1. The topological polar surface area (TPSA) is 46.9 Å². The summed E-state index contributed by atoms with van der Waals surface area (Å²) in [5.74, 6) is -0.0921. The zero-order valence-electron chi connectivity index (χ0n) is 14.0. The lowest BCUT2D eigenvalue weighted by molar-refractivity contribution is 0.0951. The minimum atomic E-state index is -0.0921. The number of thiophene rings is 1. The molecule has 4 rings (SSSR count). The fourth-order valence-corrected chi connectivity index (χ4v) is 3.45. The summed E-state index contributed by atoms with van der Waals surface area (Å²) in [5, 5.41) is 5.00. The first-order valence-electron chi connectivity index (χ1n) is 8.29. The van der Waals surface area contributed by atoms with Gasteiger partial charge in [-0.25, -0.2) is 0 Å². The van der Waals surface area contributed by atoms with E-state index in [1.54, 1.807) is 17.5 Å². The number of carbonyl (C=O) groups is 1. The second-order valence-electron chi connectivity index (χ2n) is 5.88. The molecular formula is C21H17N3OS. The minimum absolute atomic E-state index is 0.0921. The van der Waals surface area contributed by atoms with Gasteiger partial charge in [-0.2, -0.15) is 0 Å². The summed E-state index contributed by atoms with van der Waals surface area (Å²) in [6, 6.07) is 17.6. The van der Waals surface area contributed by atoms with Gasteiger partial charge in [0, 0.05) is 53.0 Å². The largest absolute Gasteiger partial charge is 0.348 e. The lowest BCUT2D eigenvalue weighted by atomic mass is 10.1. The number of hydrogen-bond donors (Lipinski definition) is 1. The molecular weight excluding hydrogens is 342 g/mol. The van der Waals surface area contributed by atoms with E-state index in [1.807, 2.05) is 71.0 Å². The van der Waals surface area contributed by atoms with Gasteiger partial charge in [0.1, 0.15) is 0 Å². The number of benzene rings is 1. The molecule has 1 N–H and O–H groups in total. The van der Waals surface area contributed by atoms with Crippen molar-refractivity contribution >= 4 is 17.2 Å². The number of nitrogens with zero attached hydrogens (tertiary/aromatic N) is 2. The maximum Gasteiger partial charge on any atom is 0.251 e. The molecule has 4 aromatic rings. The minimum Gasteiger partial charge on any atom is -0.348 e. The van der Waals surface area contributed by atoms with Gasteiger partial charge in [0.15, 0.2) is 0 Å². The summed E-state index contributed by atoms with van der Waals surface area (Å²) in [4.78, 5) is 17.8. The highest BCUT2D eigenvalue weighted by molar-refractivity contribution is 7.13. The number of hydrogen-bond acceptors (Lipinski definition) is 3. The number of amides is 1. The molecule has 0 aliphatic rings. The first-order valence-corrected chi connectivity index (χ1v) is 9.17. The Balaban J connectivity index is 1.42. The van der Waals surface area contributed by atoms with Crippen molar-refractivity contribution in [1.82, 2.24) is 14.9 Å². The molecule has 3 heterocycles. The van der Waals surface area contributed by atoms with E-state index < -0.39 is 0 Å². The molecule has 0 saturated heterocycles. The van der Waals surface area contributed by atoms with E-state index in [0.717, 1.165) is 16.8 Å². The predicted octanol–water partition coefficient (Wildman–Crippen LogP) is 4.53. The van der Waals surface area contributed by atoms with Crippen LogP contribution < -0.4 is 5.32 Å². The SMILES string of the molecule is O=C(NCc1cncc(-c2cccs2)c1)c1ccc(-n2cccc2)cc1. The van der Waals surface area contributed by atoms with Crippen molar-refractivity contribution in [3.05, 3.63) is 95.9 Å². The van der Waals surface area contributed by atoms with Crippen LogP contribution in [0.15, 0.2) is 84.8 Å². The number of pyridine rings is 1. The standard InChI is InChI=1S/C21H17N3OS/c25-21(17-5-7-19(8-6-17)24-9-1-2-10-24)23-14-16-12-18(15-22-13-16)20-4-3-11-26-20/h1-13,15H,14H2,(H,23,25). The summed E-state index contributed by atoms with van der Waals surface area (Å²) >= 11 is 1.68. The molecule has 0 unspecified atom stereocenters. The van der Waals surface area contributed by atoms with Crippen LogP contribution in [-0.4, -0.2) is 15.5 Å². The Hall–Kier alpha value is -3.18. The van der Waals surface area contributed by atoms with Crippen LogP contribution in [0.1, 0.15) is 15.9 Å². The van der Waals surface area contributed by atoms with Crippen molar-refractivity contribution in [3.63, 3.8) is 0 Å². The average molecular weight is 359 g/mol. The van der Waals surface area contributed by atoms with E-state index in [-0.39, 0.29) is 5.91 Å². The molecule has 5 heteroatoms. The molecule has 0 saturated carbocycles. The third-order valence-corrected chi connectivity index (χ3v) is 5.00. The van der Waals surface area contributed by atoms with E-state index >= 15 is 0 Å². The summed E-state index contributed by atoms with van der Waals surface area (Å²) in [6.45, 7) is 0.449. The Bertz CT molecular complexity index is 990.